The fraction of sp³-hybridized carbons (Fsp3) is 0.350. The molecule has 0 saturated heterocycles. The Labute approximate surface area is 172 Å². The molecule has 1 heterocycles. The van der Waals surface area contributed by atoms with Gasteiger partial charge in [-0.2, -0.15) is 0 Å². The van der Waals surface area contributed by atoms with Crippen LogP contribution in [0, 0.1) is 13.8 Å². The Balaban J connectivity index is 2.01. The van der Waals surface area contributed by atoms with Gasteiger partial charge >= 0.3 is 5.97 Å². The van der Waals surface area contributed by atoms with Crippen LogP contribution in [0.15, 0.2) is 34.8 Å². The van der Waals surface area contributed by atoms with Gasteiger partial charge in [0.25, 0.3) is 0 Å². The van der Waals surface area contributed by atoms with Crippen LogP contribution < -0.4 is 5.32 Å². The van der Waals surface area contributed by atoms with E-state index in [0.29, 0.717) is 16.9 Å². The van der Waals surface area contributed by atoms with E-state index in [9.17, 15) is 14.4 Å². The predicted octanol–water partition coefficient (Wildman–Crippen LogP) is 3.14. The number of ether oxygens (including phenoxy) is 1. The summed E-state index contributed by atoms with van der Waals surface area (Å²) in [6.45, 7) is 5.58. The first-order valence-corrected chi connectivity index (χ1v) is 9.66. The average molecular weight is 450 g/mol. The number of carbonyl (C=O) groups is 3. The highest BCUT2D eigenvalue weighted by Gasteiger charge is 2.20. The van der Waals surface area contributed by atoms with E-state index in [-0.39, 0.29) is 31.5 Å². The average Bonchev–Trinajstić information content (AvgIpc) is 2.92. The normalized spacial score (nSPS) is 10.5. The van der Waals surface area contributed by atoms with Crippen LogP contribution in [0.25, 0.3) is 0 Å². The lowest BCUT2D eigenvalue weighted by Crippen LogP contribution is -2.37. The Morgan fingerprint density at radius 1 is 1.21 bits per heavy atom. The van der Waals surface area contributed by atoms with Crippen molar-refractivity contribution in [1.82, 2.24) is 9.47 Å². The number of hydrogen-bond acceptors (Lipinski definition) is 4. The number of esters is 1. The van der Waals surface area contributed by atoms with Gasteiger partial charge in [-0.05, 0) is 54.9 Å². The molecule has 0 spiro atoms. The maximum absolute atomic E-state index is 12.6. The van der Waals surface area contributed by atoms with Gasteiger partial charge in [0.1, 0.15) is 6.54 Å². The third-order valence-corrected chi connectivity index (χ3v) is 5.01. The molecule has 0 aliphatic carbocycles. The molecule has 1 N–H and O–H groups in total. The van der Waals surface area contributed by atoms with Crippen molar-refractivity contribution in [3.05, 3.63) is 51.8 Å². The molecule has 7 nitrogen and oxygen atoms in total. The van der Waals surface area contributed by atoms with Crippen molar-refractivity contribution in [2.24, 2.45) is 0 Å². The number of carbonyl (C=O) groups excluding carboxylic acids is 3. The maximum Gasteiger partial charge on any atom is 0.339 e. The van der Waals surface area contributed by atoms with E-state index in [4.69, 9.17) is 4.74 Å². The summed E-state index contributed by atoms with van der Waals surface area (Å²) in [7, 11) is 1.57. The Morgan fingerprint density at radius 3 is 2.54 bits per heavy atom. The largest absolute Gasteiger partial charge is 0.462 e. The molecule has 0 atom stereocenters. The van der Waals surface area contributed by atoms with Gasteiger partial charge in [0, 0.05) is 22.9 Å². The zero-order valence-corrected chi connectivity index (χ0v) is 18.0. The Morgan fingerprint density at radius 2 is 1.89 bits per heavy atom. The second-order valence-corrected chi connectivity index (χ2v) is 7.22. The number of nitrogens with one attached hydrogen (secondary N) is 1. The van der Waals surface area contributed by atoms with Gasteiger partial charge in [-0.3, -0.25) is 9.59 Å². The lowest BCUT2D eigenvalue weighted by molar-refractivity contribution is -0.133. The van der Waals surface area contributed by atoms with Gasteiger partial charge in [0.15, 0.2) is 0 Å². The van der Waals surface area contributed by atoms with Crippen LogP contribution in [0.1, 0.15) is 28.7 Å². The predicted molar refractivity (Wildman–Crippen MR) is 110 cm³/mol. The molecule has 0 saturated carbocycles. The van der Waals surface area contributed by atoms with E-state index < -0.39 is 5.97 Å². The van der Waals surface area contributed by atoms with E-state index >= 15 is 0 Å². The standard InChI is InChI=1S/C20H24BrN3O4/c1-5-28-20(27)15-10-13(2)24(14(15)3)12-19(26)23(4)11-18(25)22-17-9-7-6-8-16(17)21/h6-10H,5,11-12H2,1-4H3,(H,22,25). The minimum atomic E-state index is -0.407. The molecular weight excluding hydrogens is 426 g/mol. The molecule has 28 heavy (non-hydrogen) atoms. The number of aromatic nitrogens is 1. The molecule has 0 radical (unpaired) electrons. The summed E-state index contributed by atoms with van der Waals surface area (Å²) in [5, 5.41) is 2.77. The van der Waals surface area contributed by atoms with Crippen LogP contribution in [0.3, 0.4) is 0 Å². The summed E-state index contributed by atoms with van der Waals surface area (Å²) in [6, 6.07) is 8.96. The zero-order valence-electron chi connectivity index (χ0n) is 16.4. The number of anilines is 1. The third kappa shape index (κ3) is 5.22. The molecule has 8 heteroatoms. The number of rotatable bonds is 7. The number of aryl methyl sites for hydroxylation is 1. The summed E-state index contributed by atoms with van der Waals surface area (Å²) in [5.74, 6) is -0.939. The highest BCUT2D eigenvalue weighted by atomic mass is 79.9. The minimum absolute atomic E-state index is 0.0376. The third-order valence-electron chi connectivity index (χ3n) is 4.32. The zero-order chi connectivity index (χ0) is 20.8. The van der Waals surface area contributed by atoms with Gasteiger partial charge in [-0.15, -0.1) is 0 Å². The van der Waals surface area contributed by atoms with Crippen molar-refractivity contribution in [3.8, 4) is 0 Å². The summed E-state index contributed by atoms with van der Waals surface area (Å²) in [6.07, 6.45) is 0. The van der Waals surface area contributed by atoms with Crippen LogP contribution in [-0.4, -0.2) is 47.4 Å². The SMILES string of the molecule is CCOC(=O)c1cc(C)n(CC(=O)N(C)CC(=O)Nc2ccccc2Br)c1C. The quantitative estimate of drug-likeness (QED) is 0.658. The fourth-order valence-electron chi connectivity index (χ4n) is 2.77. The summed E-state index contributed by atoms with van der Waals surface area (Å²) in [5.41, 5.74) is 2.53. The number of para-hydroxylation sites is 1. The lowest BCUT2D eigenvalue weighted by atomic mass is 10.2. The molecule has 1 aromatic carbocycles. The van der Waals surface area contributed by atoms with Crippen LogP contribution in [0.4, 0.5) is 5.69 Å². The Hall–Kier alpha value is -2.61. The van der Waals surface area contributed by atoms with E-state index in [2.05, 4.69) is 21.2 Å². The summed E-state index contributed by atoms with van der Waals surface area (Å²) < 4.78 is 7.56. The van der Waals surface area contributed by atoms with Crippen molar-refractivity contribution in [3.63, 3.8) is 0 Å². The minimum Gasteiger partial charge on any atom is -0.462 e. The molecule has 0 bridgehead atoms. The van der Waals surface area contributed by atoms with Crippen molar-refractivity contribution in [2.45, 2.75) is 27.3 Å². The van der Waals surface area contributed by atoms with Gasteiger partial charge in [0.2, 0.25) is 11.8 Å². The molecule has 0 aliphatic heterocycles. The van der Waals surface area contributed by atoms with E-state index in [1.165, 1.54) is 4.90 Å². The van der Waals surface area contributed by atoms with E-state index in [0.717, 1.165) is 10.2 Å². The summed E-state index contributed by atoms with van der Waals surface area (Å²) >= 11 is 3.37. The Kier molecular flexibility index (Phi) is 7.39. The summed E-state index contributed by atoms with van der Waals surface area (Å²) in [4.78, 5) is 38.2. The fourth-order valence-corrected chi connectivity index (χ4v) is 3.16. The second-order valence-electron chi connectivity index (χ2n) is 6.37. The number of nitrogens with zero attached hydrogens (tertiary/aromatic N) is 2. The number of likely N-dealkylation sites (N-methyl/N-ethyl adjacent to an activating group) is 1. The lowest BCUT2D eigenvalue weighted by Gasteiger charge is -2.19. The topological polar surface area (TPSA) is 80.6 Å². The van der Waals surface area contributed by atoms with Crippen molar-refractivity contribution in [2.75, 3.05) is 25.5 Å². The maximum atomic E-state index is 12.6. The molecule has 1 aromatic heterocycles. The highest BCUT2D eigenvalue weighted by molar-refractivity contribution is 9.10. The second kappa shape index (κ2) is 9.54. The van der Waals surface area contributed by atoms with Gasteiger partial charge in [-0.25, -0.2) is 4.79 Å². The van der Waals surface area contributed by atoms with Crippen LogP contribution >= 0.6 is 15.9 Å². The molecule has 2 rings (SSSR count). The van der Waals surface area contributed by atoms with Crippen LogP contribution in [-0.2, 0) is 20.9 Å². The first-order valence-electron chi connectivity index (χ1n) is 8.86. The van der Waals surface area contributed by atoms with Crippen molar-refractivity contribution in [1.29, 1.82) is 0 Å². The molecule has 0 fully saturated rings. The number of amides is 2. The van der Waals surface area contributed by atoms with Gasteiger partial charge in [-0.1, -0.05) is 12.1 Å². The monoisotopic (exact) mass is 449 g/mol. The molecule has 0 unspecified atom stereocenters. The first-order chi connectivity index (χ1) is 13.2. The van der Waals surface area contributed by atoms with Gasteiger partial charge in [0.05, 0.1) is 24.4 Å². The number of benzene rings is 1. The molecular formula is C20H24BrN3O4. The van der Waals surface area contributed by atoms with E-state index in [1.54, 1.807) is 37.6 Å². The number of hydrogen-bond donors (Lipinski definition) is 1. The van der Waals surface area contributed by atoms with Crippen LogP contribution in [0.2, 0.25) is 0 Å². The van der Waals surface area contributed by atoms with Crippen LogP contribution in [0.5, 0.6) is 0 Å². The molecule has 2 amide bonds. The van der Waals surface area contributed by atoms with E-state index in [1.807, 2.05) is 25.1 Å². The Bertz CT molecular complexity index is 892. The molecule has 2 aromatic rings. The first kappa shape index (κ1) is 21.7. The van der Waals surface area contributed by atoms with Gasteiger partial charge < -0.3 is 19.5 Å². The van der Waals surface area contributed by atoms with Crippen molar-refractivity contribution >= 4 is 39.4 Å². The highest BCUT2D eigenvalue weighted by Crippen LogP contribution is 2.21. The van der Waals surface area contributed by atoms with Crippen molar-refractivity contribution < 1.29 is 19.1 Å². The molecule has 0 aliphatic rings. The smallest absolute Gasteiger partial charge is 0.339 e. The number of halogens is 1. The molecule has 150 valence electrons.